The second-order valence-electron chi connectivity index (χ2n) is 4.84. The van der Waals surface area contributed by atoms with Crippen molar-refractivity contribution in [3.8, 4) is 0 Å². The van der Waals surface area contributed by atoms with Gasteiger partial charge in [-0.05, 0) is 31.0 Å². The minimum Gasteiger partial charge on any atom is -0.365 e. The van der Waals surface area contributed by atoms with E-state index in [1.165, 1.54) is 6.07 Å². The summed E-state index contributed by atoms with van der Waals surface area (Å²) in [5.41, 5.74) is 0.941. The maximum Gasteiger partial charge on any atom is 0.141 e. The molecule has 0 N–H and O–H groups in total. The average molecular weight is 254 g/mol. The molecular weight excluding hydrogens is 241 g/mol. The molecule has 2 unspecified atom stereocenters. The summed E-state index contributed by atoms with van der Waals surface area (Å²) < 4.78 is 13.1. The number of hydrogen-bond donors (Lipinski definition) is 0. The summed E-state index contributed by atoms with van der Waals surface area (Å²) in [6, 6.07) is 5.37. The monoisotopic (exact) mass is 253 g/mol. The number of piperidine rings is 1. The number of hydrogen-bond acceptors (Lipinski definition) is 2. The molecule has 1 aromatic carbocycles. The molecule has 0 amide bonds. The number of fused-ring (bicyclic) bond motifs is 2. The molecule has 2 nitrogen and oxygen atoms in total. The van der Waals surface area contributed by atoms with Crippen LogP contribution in [0.3, 0.4) is 0 Å². The molecule has 0 radical (unpaired) electrons. The highest BCUT2D eigenvalue weighted by atomic mass is 35.5. The first-order valence-electron chi connectivity index (χ1n) is 5.90. The van der Waals surface area contributed by atoms with Crippen LogP contribution in [0, 0.1) is 5.82 Å². The summed E-state index contributed by atoms with van der Waals surface area (Å²) in [6.07, 6.45) is 3.33. The highest BCUT2D eigenvalue weighted by Gasteiger charge is 2.40. The largest absolute Gasteiger partial charge is 0.365 e. The fourth-order valence-corrected chi connectivity index (χ4v) is 3.21. The maximum absolute atomic E-state index is 13.1. The predicted molar refractivity (Wildman–Crippen MR) is 64.9 cm³/mol. The van der Waals surface area contributed by atoms with Crippen molar-refractivity contribution in [2.45, 2.75) is 37.8 Å². The van der Waals surface area contributed by atoms with E-state index in [0.29, 0.717) is 18.6 Å². The van der Waals surface area contributed by atoms with Gasteiger partial charge in [0.25, 0.3) is 0 Å². The Hall–Kier alpha value is -1.09. The Kier molecular flexibility index (Phi) is 2.58. The van der Waals surface area contributed by atoms with Gasteiger partial charge in [0.15, 0.2) is 0 Å². The summed E-state index contributed by atoms with van der Waals surface area (Å²) in [6.45, 7) is 0. The lowest BCUT2D eigenvalue weighted by Crippen LogP contribution is -2.43. The molecule has 2 bridgehead atoms. The van der Waals surface area contributed by atoms with Gasteiger partial charge in [0.2, 0.25) is 0 Å². The summed E-state index contributed by atoms with van der Waals surface area (Å²) in [4.78, 5) is 13.8. The normalized spacial score (nSPS) is 27.6. The molecule has 2 aliphatic heterocycles. The first-order chi connectivity index (χ1) is 8.15. The van der Waals surface area contributed by atoms with Crippen LogP contribution in [0.15, 0.2) is 18.2 Å². The van der Waals surface area contributed by atoms with E-state index in [9.17, 15) is 9.18 Å². The van der Waals surface area contributed by atoms with E-state index < -0.39 is 5.82 Å². The van der Waals surface area contributed by atoms with Crippen LogP contribution in [0.4, 0.5) is 10.1 Å². The number of benzene rings is 1. The zero-order valence-electron chi connectivity index (χ0n) is 9.33. The fraction of sp³-hybridized carbons (Fsp3) is 0.462. The van der Waals surface area contributed by atoms with Crippen molar-refractivity contribution in [3.05, 3.63) is 29.0 Å². The number of Topliss-reactive ketones (excluding diaryl/α,β-unsaturated/α-hetero) is 1. The highest BCUT2D eigenvalue weighted by molar-refractivity contribution is 6.31. The lowest BCUT2D eigenvalue weighted by atomic mass is 10.0. The van der Waals surface area contributed by atoms with Crippen LogP contribution in [0.1, 0.15) is 25.7 Å². The summed E-state index contributed by atoms with van der Waals surface area (Å²) in [7, 11) is 0. The Morgan fingerprint density at radius 1 is 1.24 bits per heavy atom. The van der Waals surface area contributed by atoms with Crippen molar-refractivity contribution in [2.24, 2.45) is 0 Å². The molecule has 0 spiro atoms. The van der Waals surface area contributed by atoms with Crippen molar-refractivity contribution in [1.29, 1.82) is 0 Å². The third kappa shape index (κ3) is 1.82. The molecule has 2 fully saturated rings. The van der Waals surface area contributed by atoms with Crippen molar-refractivity contribution < 1.29 is 9.18 Å². The van der Waals surface area contributed by atoms with Gasteiger partial charge in [0.1, 0.15) is 11.6 Å². The number of halogens is 2. The van der Waals surface area contributed by atoms with Gasteiger partial charge in [0, 0.05) is 30.6 Å². The van der Waals surface area contributed by atoms with E-state index in [-0.39, 0.29) is 17.1 Å². The lowest BCUT2D eigenvalue weighted by Gasteiger charge is -2.36. The van der Waals surface area contributed by atoms with Crippen molar-refractivity contribution in [2.75, 3.05) is 4.90 Å². The molecule has 2 aliphatic rings. The summed E-state index contributed by atoms with van der Waals surface area (Å²) in [5.74, 6) is -0.0437. The molecular formula is C13H13ClFNO. The van der Waals surface area contributed by atoms with Gasteiger partial charge in [-0.25, -0.2) is 4.39 Å². The van der Waals surface area contributed by atoms with Crippen LogP contribution in [0.2, 0.25) is 5.02 Å². The number of carbonyl (C=O) groups excluding carboxylic acids is 1. The van der Waals surface area contributed by atoms with Gasteiger partial charge in [-0.1, -0.05) is 11.6 Å². The first kappa shape index (κ1) is 11.0. The van der Waals surface area contributed by atoms with Crippen LogP contribution in [-0.2, 0) is 4.79 Å². The second kappa shape index (κ2) is 3.98. The fourth-order valence-electron chi connectivity index (χ4n) is 3.04. The highest BCUT2D eigenvalue weighted by Crippen LogP contribution is 2.38. The molecule has 0 saturated carbocycles. The van der Waals surface area contributed by atoms with E-state index >= 15 is 0 Å². The van der Waals surface area contributed by atoms with Crippen molar-refractivity contribution in [1.82, 2.24) is 0 Å². The van der Waals surface area contributed by atoms with Gasteiger partial charge >= 0.3 is 0 Å². The van der Waals surface area contributed by atoms with Crippen LogP contribution in [0.25, 0.3) is 0 Å². The Balaban J connectivity index is 1.94. The Bertz CT molecular complexity index is 460. The smallest absolute Gasteiger partial charge is 0.141 e. The number of nitrogens with zero attached hydrogens (tertiary/aromatic N) is 1. The van der Waals surface area contributed by atoms with Crippen LogP contribution < -0.4 is 4.90 Å². The quantitative estimate of drug-likeness (QED) is 0.766. The number of carbonyl (C=O) groups is 1. The molecule has 3 rings (SSSR count). The third-order valence-electron chi connectivity index (χ3n) is 3.75. The number of anilines is 1. The van der Waals surface area contributed by atoms with Gasteiger partial charge < -0.3 is 4.90 Å². The van der Waals surface area contributed by atoms with E-state index in [1.54, 1.807) is 12.1 Å². The van der Waals surface area contributed by atoms with E-state index in [1.807, 2.05) is 0 Å². The molecule has 0 aliphatic carbocycles. The molecule has 2 atom stereocenters. The Labute approximate surface area is 104 Å². The molecule has 1 aromatic rings. The van der Waals surface area contributed by atoms with Crippen molar-refractivity contribution >= 4 is 23.1 Å². The maximum atomic E-state index is 13.1. The van der Waals surface area contributed by atoms with Gasteiger partial charge in [-0.15, -0.1) is 0 Å². The van der Waals surface area contributed by atoms with Crippen LogP contribution in [0.5, 0.6) is 0 Å². The third-order valence-corrected chi connectivity index (χ3v) is 4.04. The zero-order valence-corrected chi connectivity index (χ0v) is 10.1. The summed E-state index contributed by atoms with van der Waals surface area (Å²) >= 11 is 5.81. The predicted octanol–water partition coefficient (Wildman–Crippen LogP) is 3.18. The van der Waals surface area contributed by atoms with Gasteiger partial charge in [-0.3, -0.25) is 4.79 Å². The number of ketones is 1. The number of rotatable bonds is 1. The van der Waals surface area contributed by atoms with E-state index in [0.717, 1.165) is 18.5 Å². The molecule has 17 heavy (non-hydrogen) atoms. The minimum atomic E-state index is -0.393. The molecule has 4 heteroatoms. The lowest BCUT2D eigenvalue weighted by molar-refractivity contribution is -0.120. The minimum absolute atomic E-state index is 0.152. The topological polar surface area (TPSA) is 20.3 Å². The summed E-state index contributed by atoms with van der Waals surface area (Å²) in [5, 5.41) is 0.152. The zero-order chi connectivity index (χ0) is 12.0. The molecule has 0 aromatic heterocycles. The van der Waals surface area contributed by atoms with Crippen molar-refractivity contribution in [3.63, 3.8) is 0 Å². The van der Waals surface area contributed by atoms with Crippen LogP contribution >= 0.6 is 11.6 Å². The second-order valence-corrected chi connectivity index (χ2v) is 5.24. The Morgan fingerprint density at radius 3 is 2.47 bits per heavy atom. The first-order valence-corrected chi connectivity index (χ1v) is 6.28. The molecule has 2 heterocycles. The van der Waals surface area contributed by atoms with Gasteiger partial charge in [0.05, 0.1) is 5.02 Å². The SMILES string of the molecule is O=C1CC2CCC(C1)N2c1ccc(F)c(Cl)c1. The molecule has 2 saturated heterocycles. The standard InChI is InChI=1S/C13H13ClFNO/c14-12-7-10(3-4-13(12)15)16-8-1-2-9(16)6-11(17)5-8/h3-4,7-9H,1-2,5-6H2. The van der Waals surface area contributed by atoms with E-state index in [2.05, 4.69) is 4.90 Å². The Morgan fingerprint density at radius 2 is 1.88 bits per heavy atom. The van der Waals surface area contributed by atoms with Gasteiger partial charge in [-0.2, -0.15) is 0 Å². The van der Waals surface area contributed by atoms with E-state index in [4.69, 9.17) is 11.6 Å². The van der Waals surface area contributed by atoms with Crippen LogP contribution in [-0.4, -0.2) is 17.9 Å². The average Bonchev–Trinajstić information content (AvgIpc) is 2.55. The molecule has 90 valence electrons.